The summed E-state index contributed by atoms with van der Waals surface area (Å²) in [5, 5.41) is 0. The first-order valence-electron chi connectivity index (χ1n) is 10.5. The van der Waals surface area contributed by atoms with Crippen molar-refractivity contribution < 1.29 is 9.47 Å². The quantitative estimate of drug-likeness (QED) is 0.511. The minimum Gasteiger partial charge on any atom is -0.497 e. The zero-order chi connectivity index (χ0) is 20.4. The van der Waals surface area contributed by atoms with E-state index in [1.54, 1.807) is 14.2 Å². The van der Waals surface area contributed by atoms with Crippen LogP contribution in [0.2, 0.25) is 0 Å². The van der Waals surface area contributed by atoms with Crippen molar-refractivity contribution in [1.82, 2.24) is 0 Å². The van der Waals surface area contributed by atoms with E-state index in [1.165, 1.54) is 27.8 Å². The van der Waals surface area contributed by atoms with Crippen molar-refractivity contribution in [3.8, 4) is 11.5 Å². The fourth-order valence-electron chi connectivity index (χ4n) is 4.88. The second kappa shape index (κ2) is 8.32. The van der Waals surface area contributed by atoms with Gasteiger partial charge in [0.15, 0.2) is 0 Å². The van der Waals surface area contributed by atoms with Crippen molar-refractivity contribution in [3.63, 3.8) is 0 Å². The molecule has 3 atom stereocenters. The number of benzene rings is 3. The van der Waals surface area contributed by atoms with Crippen LogP contribution in [0.1, 0.15) is 46.6 Å². The highest BCUT2D eigenvalue weighted by Crippen LogP contribution is 2.47. The normalized spacial score (nSPS) is 20.8. The van der Waals surface area contributed by atoms with Gasteiger partial charge in [0.2, 0.25) is 0 Å². The minimum atomic E-state index is 0.461. The van der Waals surface area contributed by atoms with Crippen molar-refractivity contribution in [3.05, 3.63) is 94.5 Å². The number of rotatable bonds is 5. The molecule has 29 heavy (non-hydrogen) atoms. The van der Waals surface area contributed by atoms with Crippen molar-refractivity contribution >= 4 is 0 Å². The van der Waals surface area contributed by atoms with Crippen LogP contribution in [-0.4, -0.2) is 14.2 Å². The zero-order valence-corrected chi connectivity index (χ0v) is 17.8. The average molecular weight is 387 g/mol. The topological polar surface area (TPSA) is 18.5 Å². The van der Waals surface area contributed by atoms with Gasteiger partial charge in [-0.15, -0.1) is 0 Å². The second-order valence-electron chi connectivity index (χ2n) is 8.31. The molecule has 0 fully saturated rings. The monoisotopic (exact) mass is 386 g/mol. The molecule has 4 rings (SSSR count). The van der Waals surface area contributed by atoms with Gasteiger partial charge in [0.25, 0.3) is 0 Å². The molecule has 1 aliphatic carbocycles. The molecule has 3 aromatic rings. The summed E-state index contributed by atoms with van der Waals surface area (Å²) < 4.78 is 10.9. The summed E-state index contributed by atoms with van der Waals surface area (Å²) in [4.78, 5) is 0. The van der Waals surface area contributed by atoms with Gasteiger partial charge in [-0.05, 0) is 84.0 Å². The fourth-order valence-corrected chi connectivity index (χ4v) is 4.88. The van der Waals surface area contributed by atoms with Gasteiger partial charge < -0.3 is 9.47 Å². The van der Waals surface area contributed by atoms with Crippen molar-refractivity contribution in [1.29, 1.82) is 0 Å². The largest absolute Gasteiger partial charge is 0.497 e. The van der Waals surface area contributed by atoms with Gasteiger partial charge in [0, 0.05) is 0 Å². The zero-order valence-electron chi connectivity index (χ0n) is 17.8. The Morgan fingerprint density at radius 1 is 0.862 bits per heavy atom. The highest BCUT2D eigenvalue weighted by molar-refractivity contribution is 5.44. The maximum Gasteiger partial charge on any atom is 0.119 e. The lowest BCUT2D eigenvalue weighted by Crippen LogP contribution is -2.28. The van der Waals surface area contributed by atoms with Crippen molar-refractivity contribution in [2.75, 3.05) is 14.2 Å². The van der Waals surface area contributed by atoms with Gasteiger partial charge >= 0.3 is 0 Å². The van der Waals surface area contributed by atoms with Crippen LogP contribution in [0.4, 0.5) is 0 Å². The molecule has 0 spiro atoms. The summed E-state index contributed by atoms with van der Waals surface area (Å²) in [7, 11) is 3.48. The molecule has 0 N–H and O–H groups in total. The highest BCUT2D eigenvalue weighted by Gasteiger charge is 2.35. The van der Waals surface area contributed by atoms with Crippen LogP contribution >= 0.6 is 0 Å². The SMILES string of the molecule is COc1ccc(C2Cc3ccc(OC)cc3C(Cc3cccc(C)c3)C2C)cc1. The van der Waals surface area contributed by atoms with Gasteiger partial charge in [-0.25, -0.2) is 0 Å². The average Bonchev–Trinajstić information content (AvgIpc) is 2.75. The molecule has 0 heterocycles. The van der Waals surface area contributed by atoms with Crippen molar-refractivity contribution in [2.24, 2.45) is 5.92 Å². The predicted molar refractivity (Wildman–Crippen MR) is 119 cm³/mol. The Labute approximate surface area is 174 Å². The molecule has 0 aliphatic heterocycles. The lowest BCUT2D eigenvalue weighted by Gasteiger charge is -2.38. The second-order valence-corrected chi connectivity index (χ2v) is 8.31. The van der Waals surface area contributed by atoms with Gasteiger partial charge in [0.1, 0.15) is 11.5 Å². The number of ether oxygens (including phenoxy) is 2. The lowest BCUT2D eigenvalue weighted by molar-refractivity contribution is 0.345. The van der Waals surface area contributed by atoms with Gasteiger partial charge in [-0.3, -0.25) is 0 Å². The summed E-state index contributed by atoms with van der Waals surface area (Å²) in [6, 6.07) is 24.2. The highest BCUT2D eigenvalue weighted by atomic mass is 16.5. The Morgan fingerprint density at radius 2 is 1.59 bits per heavy atom. The maximum absolute atomic E-state index is 5.56. The molecule has 3 unspecified atom stereocenters. The first kappa shape index (κ1) is 19.6. The van der Waals surface area contributed by atoms with E-state index in [0.29, 0.717) is 17.8 Å². The molecule has 3 aromatic carbocycles. The summed E-state index contributed by atoms with van der Waals surface area (Å²) >= 11 is 0. The van der Waals surface area contributed by atoms with Crippen LogP contribution in [-0.2, 0) is 12.8 Å². The maximum atomic E-state index is 5.56. The molecule has 0 amide bonds. The predicted octanol–water partition coefficient (Wildman–Crippen LogP) is 6.31. The van der Waals surface area contributed by atoms with E-state index in [-0.39, 0.29) is 0 Å². The third-order valence-corrected chi connectivity index (χ3v) is 6.54. The molecular weight excluding hydrogens is 356 g/mol. The molecule has 0 radical (unpaired) electrons. The molecule has 0 saturated carbocycles. The Kier molecular flexibility index (Phi) is 5.62. The third kappa shape index (κ3) is 4.03. The summed E-state index contributed by atoms with van der Waals surface area (Å²) in [5.74, 6) is 3.36. The first-order chi connectivity index (χ1) is 14.1. The summed E-state index contributed by atoms with van der Waals surface area (Å²) in [6.45, 7) is 4.59. The molecular formula is C27H30O2. The van der Waals surface area contributed by atoms with E-state index in [2.05, 4.69) is 80.6 Å². The Hall–Kier alpha value is -2.74. The van der Waals surface area contributed by atoms with Crippen LogP contribution in [0, 0.1) is 12.8 Å². The van der Waals surface area contributed by atoms with Gasteiger partial charge in [-0.1, -0.05) is 55.0 Å². The van der Waals surface area contributed by atoms with E-state index in [0.717, 1.165) is 24.3 Å². The van der Waals surface area contributed by atoms with Gasteiger partial charge in [-0.2, -0.15) is 0 Å². The van der Waals surface area contributed by atoms with Crippen LogP contribution < -0.4 is 9.47 Å². The molecule has 150 valence electrons. The number of methoxy groups -OCH3 is 2. The van der Waals surface area contributed by atoms with Crippen LogP contribution in [0.3, 0.4) is 0 Å². The molecule has 2 nitrogen and oxygen atoms in total. The lowest BCUT2D eigenvalue weighted by atomic mass is 9.66. The number of aryl methyl sites for hydroxylation is 1. The fraction of sp³-hybridized carbons (Fsp3) is 0.333. The molecule has 2 heteroatoms. The minimum absolute atomic E-state index is 0.461. The van der Waals surface area contributed by atoms with Gasteiger partial charge in [0.05, 0.1) is 14.2 Å². The molecule has 0 saturated heterocycles. The van der Waals surface area contributed by atoms with Crippen LogP contribution in [0.15, 0.2) is 66.7 Å². The molecule has 0 aromatic heterocycles. The number of hydrogen-bond donors (Lipinski definition) is 0. The van der Waals surface area contributed by atoms with Crippen molar-refractivity contribution in [2.45, 2.75) is 38.5 Å². The van der Waals surface area contributed by atoms with E-state index in [1.807, 2.05) is 0 Å². The van der Waals surface area contributed by atoms with Crippen LogP contribution in [0.25, 0.3) is 0 Å². The van der Waals surface area contributed by atoms with Crippen LogP contribution in [0.5, 0.6) is 11.5 Å². The smallest absolute Gasteiger partial charge is 0.119 e. The molecule has 1 aliphatic rings. The standard InChI is InChI=1S/C27H30O2/c1-18-6-5-7-20(14-18)15-26-19(2)25(21-8-11-23(28-3)12-9-21)16-22-10-13-24(29-4)17-27(22)26/h5-14,17,19,25-26H,15-16H2,1-4H3. The molecule has 0 bridgehead atoms. The Morgan fingerprint density at radius 3 is 2.28 bits per heavy atom. The van der Waals surface area contributed by atoms with E-state index in [9.17, 15) is 0 Å². The number of fused-ring (bicyclic) bond motifs is 1. The third-order valence-electron chi connectivity index (χ3n) is 6.54. The summed E-state index contributed by atoms with van der Waals surface area (Å²) in [6.07, 6.45) is 2.12. The van der Waals surface area contributed by atoms with E-state index >= 15 is 0 Å². The van der Waals surface area contributed by atoms with E-state index in [4.69, 9.17) is 9.47 Å². The summed E-state index contributed by atoms with van der Waals surface area (Å²) in [5.41, 5.74) is 7.02. The Balaban J connectivity index is 1.73. The Bertz CT molecular complexity index is 974. The first-order valence-corrected chi connectivity index (χ1v) is 10.5. The van der Waals surface area contributed by atoms with E-state index < -0.39 is 0 Å². The number of hydrogen-bond acceptors (Lipinski definition) is 2.